The van der Waals surface area contributed by atoms with Crippen molar-refractivity contribution in [3.05, 3.63) is 93.6 Å². The number of hydrogen-bond acceptors (Lipinski definition) is 3. The first-order valence-electron chi connectivity index (χ1n) is 8.26. The molecule has 2 N–H and O–H groups in total. The van der Waals surface area contributed by atoms with Gasteiger partial charge < -0.3 is 10.1 Å². The lowest BCUT2D eigenvalue weighted by molar-refractivity contribution is 0.0977. The van der Waals surface area contributed by atoms with Crippen LogP contribution in [-0.4, -0.2) is 11.0 Å². The van der Waals surface area contributed by atoms with Crippen LogP contribution in [0.2, 0.25) is 0 Å². The summed E-state index contributed by atoms with van der Waals surface area (Å²) < 4.78 is 6.76. The van der Waals surface area contributed by atoms with Gasteiger partial charge in [0, 0.05) is 3.57 Å². The summed E-state index contributed by atoms with van der Waals surface area (Å²) in [6.45, 7) is 0.445. The van der Waals surface area contributed by atoms with Crippen LogP contribution >= 0.6 is 34.8 Å². The third-order valence-electron chi connectivity index (χ3n) is 3.72. The fraction of sp³-hybridized carbons (Fsp3) is 0.0476. The van der Waals surface area contributed by atoms with Gasteiger partial charge in [0.15, 0.2) is 5.11 Å². The first-order chi connectivity index (χ1) is 13.1. The summed E-state index contributed by atoms with van der Waals surface area (Å²) >= 11 is 7.41. The van der Waals surface area contributed by atoms with Gasteiger partial charge in [0.1, 0.15) is 12.4 Å². The quantitative estimate of drug-likeness (QED) is 0.392. The van der Waals surface area contributed by atoms with Gasteiger partial charge in [0.2, 0.25) is 0 Å². The molecule has 0 saturated carbocycles. The van der Waals surface area contributed by atoms with E-state index in [1.54, 1.807) is 6.07 Å². The number of nitrogens with one attached hydrogen (secondary N) is 2. The predicted molar refractivity (Wildman–Crippen MR) is 120 cm³/mol. The van der Waals surface area contributed by atoms with Crippen molar-refractivity contribution in [1.82, 2.24) is 5.32 Å². The van der Waals surface area contributed by atoms with Crippen molar-refractivity contribution in [3.8, 4) is 5.75 Å². The summed E-state index contributed by atoms with van der Waals surface area (Å²) in [4.78, 5) is 12.4. The van der Waals surface area contributed by atoms with Crippen molar-refractivity contribution in [3.63, 3.8) is 0 Å². The molecule has 0 fully saturated rings. The van der Waals surface area contributed by atoms with Crippen LogP contribution in [0.5, 0.6) is 5.75 Å². The number of halogens is 1. The molecule has 0 unspecified atom stereocenters. The molecule has 0 aliphatic heterocycles. The Morgan fingerprint density at radius 2 is 1.59 bits per heavy atom. The smallest absolute Gasteiger partial charge is 0.258 e. The van der Waals surface area contributed by atoms with E-state index in [0.717, 1.165) is 9.13 Å². The third-order valence-corrected chi connectivity index (χ3v) is 4.86. The predicted octanol–water partition coefficient (Wildman–Crippen LogP) is 5.00. The minimum Gasteiger partial charge on any atom is -0.487 e. The van der Waals surface area contributed by atoms with Gasteiger partial charge in [-0.25, -0.2) is 0 Å². The summed E-state index contributed by atoms with van der Waals surface area (Å²) in [6, 6.07) is 24.7. The number of thiocarbonyl (C=S) groups is 1. The first kappa shape index (κ1) is 19.3. The Morgan fingerprint density at radius 3 is 2.37 bits per heavy atom. The van der Waals surface area contributed by atoms with E-state index in [1.807, 2.05) is 72.8 Å². The van der Waals surface area contributed by atoms with E-state index in [4.69, 9.17) is 17.0 Å². The SMILES string of the molecule is O=C(NC(=S)Nc1ccccc1OCc1ccccc1)c1ccccc1I. The highest BCUT2D eigenvalue weighted by atomic mass is 127. The van der Waals surface area contributed by atoms with Crippen molar-refractivity contribution in [2.75, 3.05) is 5.32 Å². The average Bonchev–Trinajstić information content (AvgIpc) is 2.68. The molecule has 3 aromatic carbocycles. The lowest BCUT2D eigenvalue weighted by atomic mass is 10.2. The number of hydrogen-bond donors (Lipinski definition) is 2. The van der Waals surface area contributed by atoms with E-state index in [9.17, 15) is 4.79 Å². The summed E-state index contributed by atoms with van der Waals surface area (Å²) in [7, 11) is 0. The zero-order chi connectivity index (χ0) is 19.1. The highest BCUT2D eigenvalue weighted by Gasteiger charge is 2.12. The number of carbonyl (C=O) groups is 1. The van der Waals surface area contributed by atoms with Crippen LogP contribution in [0.4, 0.5) is 5.69 Å². The molecular formula is C21H17IN2O2S. The van der Waals surface area contributed by atoms with Gasteiger partial charge in [-0.1, -0.05) is 54.6 Å². The lowest BCUT2D eigenvalue weighted by Gasteiger charge is -2.14. The molecule has 6 heteroatoms. The van der Waals surface area contributed by atoms with Crippen LogP contribution in [0.1, 0.15) is 15.9 Å². The zero-order valence-electron chi connectivity index (χ0n) is 14.3. The van der Waals surface area contributed by atoms with E-state index >= 15 is 0 Å². The Morgan fingerprint density at radius 1 is 0.926 bits per heavy atom. The number of carbonyl (C=O) groups excluding carboxylic acids is 1. The molecule has 0 radical (unpaired) electrons. The number of para-hydroxylation sites is 2. The molecule has 0 bridgehead atoms. The van der Waals surface area contributed by atoms with Gasteiger partial charge in [-0.15, -0.1) is 0 Å². The lowest BCUT2D eigenvalue weighted by Crippen LogP contribution is -2.34. The normalized spacial score (nSPS) is 10.1. The van der Waals surface area contributed by atoms with Crippen LogP contribution in [0.25, 0.3) is 0 Å². The van der Waals surface area contributed by atoms with Gasteiger partial charge in [-0.3, -0.25) is 10.1 Å². The minimum absolute atomic E-state index is 0.218. The van der Waals surface area contributed by atoms with Gasteiger partial charge >= 0.3 is 0 Å². The molecule has 136 valence electrons. The first-order valence-corrected chi connectivity index (χ1v) is 9.75. The fourth-order valence-corrected chi connectivity index (χ4v) is 3.24. The van der Waals surface area contributed by atoms with E-state index in [0.29, 0.717) is 23.6 Å². The molecule has 3 rings (SSSR count). The Bertz CT molecular complexity index is 948. The summed E-state index contributed by atoms with van der Waals surface area (Å²) in [5.74, 6) is 0.410. The molecule has 0 aliphatic rings. The summed E-state index contributed by atoms with van der Waals surface area (Å²) in [5, 5.41) is 5.96. The van der Waals surface area contributed by atoms with Crippen molar-refractivity contribution in [1.29, 1.82) is 0 Å². The molecule has 0 atom stereocenters. The Kier molecular flexibility index (Phi) is 6.78. The Labute approximate surface area is 177 Å². The highest BCUT2D eigenvalue weighted by Crippen LogP contribution is 2.24. The summed E-state index contributed by atoms with van der Waals surface area (Å²) in [6.07, 6.45) is 0. The molecule has 3 aromatic rings. The fourth-order valence-electron chi connectivity index (χ4n) is 2.40. The zero-order valence-corrected chi connectivity index (χ0v) is 17.3. The topological polar surface area (TPSA) is 50.4 Å². The maximum Gasteiger partial charge on any atom is 0.258 e. The Hall–Kier alpha value is -2.45. The van der Waals surface area contributed by atoms with Crippen LogP contribution in [0.3, 0.4) is 0 Å². The maximum absolute atomic E-state index is 12.4. The van der Waals surface area contributed by atoms with Crippen molar-refractivity contribution < 1.29 is 9.53 Å². The average molecular weight is 488 g/mol. The summed E-state index contributed by atoms with van der Waals surface area (Å²) in [5.41, 5.74) is 2.35. The van der Waals surface area contributed by atoms with E-state index < -0.39 is 0 Å². The largest absolute Gasteiger partial charge is 0.487 e. The standard InChI is InChI=1S/C21H17IN2O2S/c22-17-11-5-4-10-16(17)20(25)24-21(27)23-18-12-6-7-13-19(18)26-14-15-8-2-1-3-9-15/h1-13H,14H2,(H2,23,24,25,27). The molecular weight excluding hydrogens is 471 g/mol. The van der Waals surface area contributed by atoms with Gasteiger partial charge in [0.25, 0.3) is 5.91 Å². The molecule has 0 saturated heterocycles. The number of ether oxygens (including phenoxy) is 1. The second-order valence-corrected chi connectivity index (χ2v) is 7.23. The van der Waals surface area contributed by atoms with Crippen molar-refractivity contribution in [2.24, 2.45) is 0 Å². The molecule has 0 heterocycles. The van der Waals surface area contributed by atoms with E-state index in [2.05, 4.69) is 33.2 Å². The van der Waals surface area contributed by atoms with Crippen LogP contribution in [0.15, 0.2) is 78.9 Å². The van der Waals surface area contributed by atoms with Gasteiger partial charge in [-0.05, 0) is 64.6 Å². The number of anilines is 1. The van der Waals surface area contributed by atoms with Crippen molar-refractivity contribution >= 4 is 51.5 Å². The van der Waals surface area contributed by atoms with Crippen LogP contribution in [-0.2, 0) is 6.61 Å². The van der Waals surface area contributed by atoms with Crippen LogP contribution < -0.4 is 15.4 Å². The number of rotatable bonds is 5. The number of benzene rings is 3. The molecule has 4 nitrogen and oxygen atoms in total. The number of amides is 1. The van der Waals surface area contributed by atoms with Gasteiger partial charge in [0.05, 0.1) is 11.3 Å². The monoisotopic (exact) mass is 488 g/mol. The van der Waals surface area contributed by atoms with E-state index in [-0.39, 0.29) is 11.0 Å². The molecule has 1 amide bonds. The van der Waals surface area contributed by atoms with Crippen molar-refractivity contribution in [2.45, 2.75) is 6.61 Å². The second kappa shape index (κ2) is 9.48. The molecule has 0 aliphatic carbocycles. The molecule has 0 aromatic heterocycles. The highest BCUT2D eigenvalue weighted by molar-refractivity contribution is 14.1. The third kappa shape index (κ3) is 5.51. The van der Waals surface area contributed by atoms with Crippen LogP contribution in [0, 0.1) is 3.57 Å². The maximum atomic E-state index is 12.4. The van der Waals surface area contributed by atoms with Gasteiger partial charge in [-0.2, -0.15) is 0 Å². The molecule has 0 spiro atoms. The van der Waals surface area contributed by atoms with E-state index in [1.165, 1.54) is 0 Å². The second-order valence-electron chi connectivity index (χ2n) is 5.66. The molecule has 27 heavy (non-hydrogen) atoms. The minimum atomic E-state index is -0.250. The Balaban J connectivity index is 1.64.